The lowest BCUT2D eigenvalue weighted by atomic mass is 10.2. The Hall–Kier alpha value is -0.0700. The summed E-state index contributed by atoms with van der Waals surface area (Å²) in [7, 11) is 1.85. The lowest BCUT2D eigenvalue weighted by molar-refractivity contribution is 0.599. The molecule has 6 heteroatoms. The number of nitrogens with two attached hydrogens (primary N) is 1. The van der Waals surface area contributed by atoms with Gasteiger partial charge in [0.25, 0.3) is 0 Å². The van der Waals surface area contributed by atoms with Crippen LogP contribution in [0.2, 0.25) is 0 Å². The molecule has 2 N–H and O–H groups in total. The molecule has 0 aliphatic heterocycles. The van der Waals surface area contributed by atoms with Gasteiger partial charge in [-0.3, -0.25) is 0 Å². The van der Waals surface area contributed by atoms with Gasteiger partial charge in [-0.15, -0.1) is 5.10 Å². The average molecular weight is 265 g/mol. The molecule has 4 nitrogen and oxygen atoms in total. The van der Waals surface area contributed by atoms with E-state index in [9.17, 15) is 0 Å². The minimum atomic E-state index is 0.0156. The van der Waals surface area contributed by atoms with Gasteiger partial charge in [0.2, 0.25) is 0 Å². The molecule has 0 saturated carbocycles. The normalized spacial score (nSPS) is 13.2. The highest BCUT2D eigenvalue weighted by atomic mass is 79.9. The van der Waals surface area contributed by atoms with Crippen LogP contribution in [0.3, 0.4) is 0 Å². The maximum Gasteiger partial charge on any atom is 0.153 e. The average Bonchev–Trinajstić information content (AvgIpc) is 2.42. The van der Waals surface area contributed by atoms with Crippen molar-refractivity contribution >= 4 is 27.7 Å². The zero-order chi connectivity index (χ0) is 9.84. The van der Waals surface area contributed by atoms with Crippen molar-refractivity contribution in [3.05, 3.63) is 10.3 Å². The van der Waals surface area contributed by atoms with E-state index < -0.39 is 0 Å². The minimum absolute atomic E-state index is 0.0156. The van der Waals surface area contributed by atoms with Crippen LogP contribution in [-0.2, 0) is 7.05 Å². The van der Waals surface area contributed by atoms with Gasteiger partial charge in [-0.2, -0.15) is 11.8 Å². The molecule has 0 amide bonds. The van der Waals surface area contributed by atoms with Gasteiger partial charge >= 0.3 is 0 Å². The molecule has 1 rings (SSSR count). The van der Waals surface area contributed by atoms with Crippen molar-refractivity contribution in [3.63, 3.8) is 0 Å². The number of hydrogen-bond acceptors (Lipinski definition) is 4. The van der Waals surface area contributed by atoms with E-state index >= 15 is 0 Å². The summed E-state index contributed by atoms with van der Waals surface area (Å²) in [5.74, 6) is 1.05. The highest BCUT2D eigenvalue weighted by molar-refractivity contribution is 9.10. The van der Waals surface area contributed by atoms with Crippen molar-refractivity contribution < 1.29 is 0 Å². The molecule has 1 heterocycles. The molecule has 0 aromatic carbocycles. The van der Waals surface area contributed by atoms with E-state index in [1.807, 2.05) is 7.05 Å². The van der Waals surface area contributed by atoms with E-state index in [-0.39, 0.29) is 6.04 Å². The Kier molecular flexibility index (Phi) is 4.21. The standard InChI is InChI=1S/C7H13BrN4S/c1-12-6(7(8)10-11-12)5(9)3-4-13-2/h5H,3-4,9H2,1-2H3. The van der Waals surface area contributed by atoms with Crippen LogP contribution in [-0.4, -0.2) is 27.0 Å². The summed E-state index contributed by atoms with van der Waals surface area (Å²) in [5.41, 5.74) is 6.95. The van der Waals surface area contributed by atoms with Crippen molar-refractivity contribution in [1.82, 2.24) is 15.0 Å². The van der Waals surface area contributed by atoms with Gasteiger partial charge in [0.05, 0.1) is 11.7 Å². The number of hydrogen-bond donors (Lipinski definition) is 1. The Balaban J connectivity index is 2.69. The van der Waals surface area contributed by atoms with Crippen molar-refractivity contribution in [1.29, 1.82) is 0 Å². The fourth-order valence-electron chi connectivity index (χ4n) is 1.11. The Labute approximate surface area is 90.4 Å². The summed E-state index contributed by atoms with van der Waals surface area (Å²) in [6.07, 6.45) is 3.02. The Morgan fingerprint density at radius 3 is 2.85 bits per heavy atom. The molecule has 0 spiro atoms. The van der Waals surface area contributed by atoms with Gasteiger partial charge in [0, 0.05) is 7.05 Å². The summed E-state index contributed by atoms with van der Waals surface area (Å²) < 4.78 is 2.47. The first-order valence-electron chi connectivity index (χ1n) is 3.96. The van der Waals surface area contributed by atoms with Crippen LogP contribution in [0.1, 0.15) is 18.2 Å². The number of aromatic nitrogens is 3. The highest BCUT2D eigenvalue weighted by Crippen LogP contribution is 2.21. The Morgan fingerprint density at radius 1 is 1.69 bits per heavy atom. The van der Waals surface area contributed by atoms with E-state index in [0.717, 1.165) is 22.5 Å². The van der Waals surface area contributed by atoms with Gasteiger partial charge in [-0.1, -0.05) is 5.21 Å². The maximum absolute atomic E-state index is 5.98. The fraction of sp³-hybridized carbons (Fsp3) is 0.714. The van der Waals surface area contributed by atoms with Crippen molar-refractivity contribution in [2.24, 2.45) is 12.8 Å². The molecule has 0 fully saturated rings. The fourth-order valence-corrected chi connectivity index (χ4v) is 2.22. The lowest BCUT2D eigenvalue weighted by Crippen LogP contribution is -2.15. The molecule has 1 unspecified atom stereocenters. The lowest BCUT2D eigenvalue weighted by Gasteiger charge is -2.10. The quantitative estimate of drug-likeness (QED) is 0.892. The zero-order valence-corrected chi connectivity index (χ0v) is 10.1. The number of aryl methyl sites for hydroxylation is 1. The van der Waals surface area contributed by atoms with Crippen molar-refractivity contribution in [3.8, 4) is 0 Å². The Bertz CT molecular complexity index is 256. The second kappa shape index (κ2) is 4.97. The second-order valence-electron chi connectivity index (χ2n) is 2.78. The summed E-state index contributed by atoms with van der Waals surface area (Å²) in [6, 6.07) is 0.0156. The second-order valence-corrected chi connectivity index (χ2v) is 4.51. The first kappa shape index (κ1) is 11.0. The molecular formula is C7H13BrN4S. The highest BCUT2D eigenvalue weighted by Gasteiger charge is 2.15. The van der Waals surface area contributed by atoms with Crippen molar-refractivity contribution in [2.45, 2.75) is 12.5 Å². The third kappa shape index (κ3) is 2.69. The molecule has 0 radical (unpaired) electrons. The van der Waals surface area contributed by atoms with Gasteiger partial charge in [0.1, 0.15) is 0 Å². The van der Waals surface area contributed by atoms with Crippen molar-refractivity contribution in [2.75, 3.05) is 12.0 Å². The van der Waals surface area contributed by atoms with Crippen LogP contribution < -0.4 is 5.73 Å². The minimum Gasteiger partial charge on any atom is -0.323 e. The topological polar surface area (TPSA) is 56.7 Å². The number of halogens is 1. The Morgan fingerprint density at radius 2 is 2.38 bits per heavy atom. The van der Waals surface area contributed by atoms with E-state index in [1.165, 1.54) is 0 Å². The molecule has 1 aromatic rings. The maximum atomic E-state index is 5.98. The van der Waals surface area contributed by atoms with Gasteiger partial charge in [-0.05, 0) is 34.4 Å². The van der Waals surface area contributed by atoms with E-state index in [2.05, 4.69) is 32.5 Å². The van der Waals surface area contributed by atoms with Gasteiger partial charge in [0.15, 0.2) is 4.60 Å². The van der Waals surface area contributed by atoms with E-state index in [4.69, 9.17) is 5.73 Å². The molecule has 0 saturated heterocycles. The number of rotatable bonds is 4. The number of nitrogens with zero attached hydrogens (tertiary/aromatic N) is 3. The van der Waals surface area contributed by atoms with Crippen LogP contribution in [0.25, 0.3) is 0 Å². The monoisotopic (exact) mass is 264 g/mol. The van der Waals surface area contributed by atoms with E-state index in [1.54, 1.807) is 16.4 Å². The van der Waals surface area contributed by atoms with E-state index in [0.29, 0.717) is 0 Å². The summed E-state index contributed by atoms with van der Waals surface area (Å²) in [5, 5.41) is 7.77. The van der Waals surface area contributed by atoms with Crippen LogP contribution >= 0.6 is 27.7 Å². The first-order chi connectivity index (χ1) is 6.16. The first-order valence-corrected chi connectivity index (χ1v) is 6.15. The molecule has 0 aliphatic carbocycles. The molecule has 0 aliphatic rings. The largest absolute Gasteiger partial charge is 0.323 e. The SMILES string of the molecule is CSCCC(N)c1c(Br)nnn1C. The van der Waals surface area contributed by atoms with Crippen LogP contribution in [0.4, 0.5) is 0 Å². The zero-order valence-electron chi connectivity index (χ0n) is 7.70. The smallest absolute Gasteiger partial charge is 0.153 e. The summed E-state index contributed by atoms with van der Waals surface area (Å²) >= 11 is 5.12. The molecule has 0 bridgehead atoms. The van der Waals surface area contributed by atoms with Crippen LogP contribution in [0.5, 0.6) is 0 Å². The van der Waals surface area contributed by atoms with Gasteiger partial charge in [-0.25, -0.2) is 4.68 Å². The summed E-state index contributed by atoms with van der Waals surface area (Å²) in [4.78, 5) is 0. The predicted octanol–water partition coefficient (Wildman–Crippen LogP) is 1.33. The van der Waals surface area contributed by atoms with Crippen LogP contribution in [0.15, 0.2) is 4.60 Å². The molecule has 1 atom stereocenters. The molecule has 1 aromatic heterocycles. The van der Waals surface area contributed by atoms with Gasteiger partial charge < -0.3 is 5.73 Å². The van der Waals surface area contributed by atoms with Crippen LogP contribution in [0, 0.1) is 0 Å². The molecule has 13 heavy (non-hydrogen) atoms. The summed E-state index contributed by atoms with van der Waals surface area (Å²) in [6.45, 7) is 0. The molecule has 74 valence electrons. The molecular weight excluding hydrogens is 252 g/mol. The number of thioether (sulfide) groups is 1. The third-order valence-corrected chi connectivity index (χ3v) is 3.02. The predicted molar refractivity (Wildman–Crippen MR) is 58.6 cm³/mol. The third-order valence-electron chi connectivity index (χ3n) is 1.81.